The number of aryl methyl sites for hydroxylation is 2. The van der Waals surface area contributed by atoms with Crippen LogP contribution >= 0.6 is 0 Å². The number of hydrogen-bond donors (Lipinski definition) is 1. The summed E-state index contributed by atoms with van der Waals surface area (Å²) in [4.78, 5) is 39.8. The van der Waals surface area contributed by atoms with Crippen LogP contribution in [0.4, 0.5) is 5.69 Å². The summed E-state index contributed by atoms with van der Waals surface area (Å²) in [5.74, 6) is -0.869. The second-order valence-corrected chi connectivity index (χ2v) is 7.34. The fourth-order valence-corrected chi connectivity index (χ4v) is 3.72. The van der Waals surface area contributed by atoms with Crippen LogP contribution in [0.3, 0.4) is 0 Å². The van der Waals surface area contributed by atoms with Gasteiger partial charge >= 0.3 is 0 Å². The highest BCUT2D eigenvalue weighted by Crippen LogP contribution is 2.25. The van der Waals surface area contributed by atoms with E-state index < -0.39 is 17.4 Å². The number of carbonyl (C=O) groups excluding carboxylic acids is 2. The molecule has 30 heavy (non-hydrogen) atoms. The maximum Gasteiger partial charge on any atom is 0.276 e. The molecule has 2 heterocycles. The van der Waals surface area contributed by atoms with Crippen LogP contribution in [0.1, 0.15) is 28.2 Å². The summed E-state index contributed by atoms with van der Waals surface area (Å²) in [5, 5.41) is 7.00. The summed E-state index contributed by atoms with van der Waals surface area (Å²) >= 11 is 0. The maximum atomic E-state index is 12.9. The molecule has 0 spiro atoms. The number of nitrogens with zero attached hydrogens (tertiary/aromatic N) is 3. The Hall–Kier alpha value is -3.74. The van der Waals surface area contributed by atoms with Crippen molar-refractivity contribution in [1.82, 2.24) is 15.1 Å². The molecule has 0 radical (unpaired) electrons. The first kappa shape index (κ1) is 19.6. The lowest BCUT2D eigenvalue weighted by atomic mass is 10.1. The van der Waals surface area contributed by atoms with E-state index in [2.05, 4.69) is 10.4 Å². The molecular formula is C23H22N4O3. The van der Waals surface area contributed by atoms with Gasteiger partial charge in [-0.05, 0) is 43.5 Å². The predicted octanol–water partition coefficient (Wildman–Crippen LogP) is 2.25. The molecule has 2 aromatic carbocycles. The van der Waals surface area contributed by atoms with E-state index in [-0.39, 0.29) is 11.6 Å². The number of amides is 2. The smallest absolute Gasteiger partial charge is 0.276 e. The van der Waals surface area contributed by atoms with Crippen molar-refractivity contribution in [3.63, 3.8) is 0 Å². The first-order chi connectivity index (χ1) is 14.5. The molecule has 0 aliphatic carbocycles. The highest BCUT2D eigenvalue weighted by atomic mass is 16.2. The number of fused-ring (bicyclic) bond motifs is 1. The number of hydrogen-bond acceptors (Lipinski definition) is 4. The van der Waals surface area contributed by atoms with Gasteiger partial charge < -0.3 is 10.2 Å². The average Bonchev–Trinajstić information content (AvgIpc) is 2.87. The van der Waals surface area contributed by atoms with E-state index in [4.69, 9.17) is 0 Å². The lowest BCUT2D eigenvalue weighted by molar-refractivity contribution is -0.120. The Morgan fingerprint density at radius 1 is 1.07 bits per heavy atom. The van der Waals surface area contributed by atoms with Gasteiger partial charge in [-0.1, -0.05) is 36.4 Å². The summed E-state index contributed by atoms with van der Waals surface area (Å²) in [7, 11) is 1.69. The van der Waals surface area contributed by atoms with Crippen molar-refractivity contribution in [3.8, 4) is 5.69 Å². The van der Waals surface area contributed by atoms with Gasteiger partial charge in [-0.2, -0.15) is 5.10 Å². The first-order valence-corrected chi connectivity index (χ1v) is 9.78. The van der Waals surface area contributed by atoms with Gasteiger partial charge in [0.1, 0.15) is 6.04 Å². The Bertz CT molecular complexity index is 1170. The minimum absolute atomic E-state index is 0.219. The van der Waals surface area contributed by atoms with Gasteiger partial charge in [0.05, 0.1) is 5.69 Å². The predicted molar refractivity (Wildman–Crippen MR) is 114 cm³/mol. The molecule has 0 saturated carbocycles. The van der Waals surface area contributed by atoms with E-state index in [9.17, 15) is 14.4 Å². The molecular weight excluding hydrogens is 380 g/mol. The van der Waals surface area contributed by atoms with Gasteiger partial charge in [0.15, 0.2) is 5.69 Å². The zero-order chi connectivity index (χ0) is 21.3. The van der Waals surface area contributed by atoms with E-state index >= 15 is 0 Å². The lowest BCUT2D eigenvalue weighted by Gasteiger charge is -2.22. The van der Waals surface area contributed by atoms with Crippen molar-refractivity contribution < 1.29 is 9.59 Å². The average molecular weight is 402 g/mol. The normalized spacial score (nSPS) is 16.0. The van der Waals surface area contributed by atoms with Crippen LogP contribution in [0.15, 0.2) is 65.5 Å². The minimum Gasteiger partial charge on any atom is -0.339 e. The molecule has 1 aliphatic rings. The van der Waals surface area contributed by atoms with Crippen LogP contribution in [-0.2, 0) is 11.2 Å². The zero-order valence-electron chi connectivity index (χ0n) is 16.8. The number of anilines is 1. The molecule has 7 nitrogen and oxygen atoms in total. The van der Waals surface area contributed by atoms with Crippen LogP contribution in [0.2, 0.25) is 0 Å². The Morgan fingerprint density at radius 3 is 2.53 bits per heavy atom. The molecule has 1 atom stereocenters. The van der Waals surface area contributed by atoms with Crippen LogP contribution < -0.4 is 15.6 Å². The van der Waals surface area contributed by atoms with E-state index in [1.807, 2.05) is 54.6 Å². The Kier molecular flexibility index (Phi) is 5.18. The number of rotatable bonds is 3. The van der Waals surface area contributed by atoms with Crippen molar-refractivity contribution in [1.29, 1.82) is 0 Å². The number of nitrogens with one attached hydrogen (secondary N) is 1. The fraction of sp³-hybridized carbons (Fsp3) is 0.217. The molecule has 4 rings (SSSR count). The quantitative estimate of drug-likeness (QED) is 0.728. The largest absolute Gasteiger partial charge is 0.339 e. The number of aromatic nitrogens is 2. The molecule has 1 aromatic heterocycles. The SMILES string of the molecule is Cc1cc(=O)c(C(=O)NC2CCc3ccccc3N(C)C2=O)nn1-c1ccccc1. The van der Waals surface area contributed by atoms with Crippen LogP contribution in [0.5, 0.6) is 0 Å². The summed E-state index contributed by atoms with van der Waals surface area (Å²) in [6.45, 7) is 1.75. The molecule has 1 unspecified atom stereocenters. The van der Waals surface area contributed by atoms with E-state index in [0.29, 0.717) is 18.5 Å². The van der Waals surface area contributed by atoms with E-state index in [1.165, 1.54) is 6.07 Å². The summed E-state index contributed by atoms with van der Waals surface area (Å²) < 4.78 is 1.55. The number of para-hydroxylation sites is 2. The third-order valence-corrected chi connectivity index (χ3v) is 5.31. The van der Waals surface area contributed by atoms with Crippen molar-refractivity contribution >= 4 is 17.5 Å². The van der Waals surface area contributed by atoms with Gasteiger partial charge in [-0.3, -0.25) is 14.4 Å². The van der Waals surface area contributed by atoms with E-state index in [1.54, 1.807) is 23.6 Å². The Morgan fingerprint density at radius 2 is 1.77 bits per heavy atom. The second kappa shape index (κ2) is 7.94. The monoisotopic (exact) mass is 402 g/mol. The van der Waals surface area contributed by atoms with Gasteiger partial charge in [0.2, 0.25) is 11.3 Å². The van der Waals surface area contributed by atoms with Gasteiger partial charge in [-0.25, -0.2) is 4.68 Å². The molecule has 3 aromatic rings. The molecule has 0 fully saturated rings. The van der Waals surface area contributed by atoms with Crippen LogP contribution in [0.25, 0.3) is 5.69 Å². The molecule has 2 amide bonds. The molecule has 7 heteroatoms. The molecule has 1 N–H and O–H groups in total. The van der Waals surface area contributed by atoms with Crippen molar-refractivity contribution in [3.05, 3.63) is 87.8 Å². The van der Waals surface area contributed by atoms with Gasteiger partial charge in [0.25, 0.3) is 5.91 Å². The number of carbonyl (C=O) groups is 2. The van der Waals surface area contributed by atoms with E-state index in [0.717, 1.165) is 16.9 Å². The lowest BCUT2D eigenvalue weighted by Crippen LogP contribution is -2.48. The molecule has 152 valence electrons. The maximum absolute atomic E-state index is 12.9. The topological polar surface area (TPSA) is 84.3 Å². The van der Waals surface area contributed by atoms with Crippen molar-refractivity contribution in [2.24, 2.45) is 0 Å². The first-order valence-electron chi connectivity index (χ1n) is 9.78. The van der Waals surface area contributed by atoms with Crippen molar-refractivity contribution in [2.75, 3.05) is 11.9 Å². The Balaban J connectivity index is 1.62. The molecule has 1 aliphatic heterocycles. The number of likely N-dealkylation sites (N-methyl/N-ethyl adjacent to an activating group) is 1. The second-order valence-electron chi connectivity index (χ2n) is 7.34. The van der Waals surface area contributed by atoms with Crippen LogP contribution in [0, 0.1) is 6.92 Å². The fourth-order valence-electron chi connectivity index (χ4n) is 3.72. The highest BCUT2D eigenvalue weighted by Gasteiger charge is 2.30. The third-order valence-electron chi connectivity index (χ3n) is 5.31. The summed E-state index contributed by atoms with van der Waals surface area (Å²) in [5.41, 5.74) is 2.52. The van der Waals surface area contributed by atoms with Gasteiger partial charge in [0, 0.05) is 24.5 Å². The standard InChI is InChI=1S/C23H22N4O3/c1-15-14-20(28)21(25-27(15)17-9-4-3-5-10-17)22(29)24-18-13-12-16-8-6-7-11-19(16)26(2)23(18)30/h3-11,14,18H,12-13H2,1-2H3,(H,24,29). The molecule has 0 bridgehead atoms. The third kappa shape index (κ3) is 3.61. The summed E-state index contributed by atoms with van der Waals surface area (Å²) in [6, 6.07) is 17.6. The minimum atomic E-state index is -0.734. The summed E-state index contributed by atoms with van der Waals surface area (Å²) in [6.07, 6.45) is 1.09. The van der Waals surface area contributed by atoms with Crippen LogP contribution in [-0.4, -0.2) is 34.7 Å². The molecule has 0 saturated heterocycles. The Labute approximate surface area is 174 Å². The highest BCUT2D eigenvalue weighted by molar-refractivity contribution is 6.02. The van der Waals surface area contributed by atoms with Gasteiger partial charge in [-0.15, -0.1) is 0 Å². The van der Waals surface area contributed by atoms with Crippen molar-refractivity contribution in [2.45, 2.75) is 25.8 Å². The number of benzene rings is 2. The zero-order valence-corrected chi connectivity index (χ0v) is 16.8.